The second-order valence-corrected chi connectivity index (χ2v) is 5.64. The summed E-state index contributed by atoms with van der Waals surface area (Å²) < 4.78 is 53.4. The molecule has 2 aromatic heterocycles. The SMILES string of the molecule is CN=C(NCCCOCc1ccco1)NCCOc1ccc(C(F)(F)F)cn1. The van der Waals surface area contributed by atoms with E-state index < -0.39 is 11.7 Å². The van der Waals surface area contributed by atoms with Crippen LogP contribution in [0.15, 0.2) is 46.1 Å². The van der Waals surface area contributed by atoms with Crippen LogP contribution >= 0.6 is 0 Å². The normalized spacial score (nSPS) is 12.1. The Kier molecular flexibility index (Phi) is 8.60. The molecular weight excluding hydrogens is 377 g/mol. The van der Waals surface area contributed by atoms with Gasteiger partial charge in [-0.05, 0) is 24.6 Å². The maximum Gasteiger partial charge on any atom is 0.417 e. The molecule has 2 N–H and O–H groups in total. The highest BCUT2D eigenvalue weighted by atomic mass is 19.4. The summed E-state index contributed by atoms with van der Waals surface area (Å²) in [7, 11) is 1.64. The number of pyridine rings is 1. The average molecular weight is 400 g/mol. The third-order valence-electron chi connectivity index (χ3n) is 3.51. The van der Waals surface area contributed by atoms with E-state index in [1.807, 2.05) is 12.1 Å². The van der Waals surface area contributed by atoms with E-state index in [1.165, 1.54) is 6.07 Å². The molecule has 0 aliphatic rings. The molecule has 2 rings (SSSR count). The summed E-state index contributed by atoms with van der Waals surface area (Å²) in [5.74, 6) is 1.51. The predicted octanol–water partition coefficient (Wildman–Crippen LogP) is 2.84. The van der Waals surface area contributed by atoms with Crippen LogP contribution in [-0.2, 0) is 17.5 Å². The molecule has 0 amide bonds. The molecule has 0 aliphatic heterocycles. The van der Waals surface area contributed by atoms with Gasteiger partial charge in [-0.2, -0.15) is 13.2 Å². The number of aliphatic imine (C=N–C) groups is 1. The van der Waals surface area contributed by atoms with Gasteiger partial charge in [0.2, 0.25) is 5.88 Å². The Labute approximate surface area is 161 Å². The molecule has 10 heteroatoms. The number of halogens is 3. The third kappa shape index (κ3) is 7.87. The van der Waals surface area contributed by atoms with Crippen molar-refractivity contribution in [3.05, 3.63) is 48.0 Å². The molecule has 2 heterocycles. The van der Waals surface area contributed by atoms with Crippen LogP contribution in [0.1, 0.15) is 17.7 Å². The number of guanidine groups is 1. The molecule has 0 radical (unpaired) electrons. The van der Waals surface area contributed by atoms with Crippen molar-refractivity contribution in [1.82, 2.24) is 15.6 Å². The highest BCUT2D eigenvalue weighted by Gasteiger charge is 2.30. The van der Waals surface area contributed by atoms with E-state index in [2.05, 4.69) is 20.6 Å². The number of hydrogen-bond donors (Lipinski definition) is 2. The van der Waals surface area contributed by atoms with Crippen molar-refractivity contribution in [2.75, 3.05) is 33.4 Å². The van der Waals surface area contributed by atoms with Gasteiger partial charge in [0.25, 0.3) is 0 Å². The lowest BCUT2D eigenvalue weighted by Gasteiger charge is -2.12. The molecule has 0 fully saturated rings. The fraction of sp³-hybridized carbons (Fsp3) is 0.444. The van der Waals surface area contributed by atoms with Gasteiger partial charge in [0.1, 0.15) is 19.0 Å². The van der Waals surface area contributed by atoms with Crippen molar-refractivity contribution >= 4 is 5.96 Å². The largest absolute Gasteiger partial charge is 0.476 e. The van der Waals surface area contributed by atoms with E-state index in [9.17, 15) is 13.2 Å². The molecule has 0 saturated heterocycles. The Morgan fingerprint density at radius 3 is 2.64 bits per heavy atom. The maximum absolute atomic E-state index is 12.5. The second kappa shape index (κ2) is 11.2. The average Bonchev–Trinajstić information content (AvgIpc) is 3.19. The summed E-state index contributed by atoms with van der Waals surface area (Å²) in [5, 5.41) is 6.16. The first-order valence-corrected chi connectivity index (χ1v) is 8.69. The number of furan rings is 1. The number of nitrogens with one attached hydrogen (secondary N) is 2. The van der Waals surface area contributed by atoms with Gasteiger partial charge in [0.05, 0.1) is 18.4 Å². The van der Waals surface area contributed by atoms with Crippen molar-refractivity contribution in [1.29, 1.82) is 0 Å². The fourth-order valence-electron chi connectivity index (χ4n) is 2.13. The van der Waals surface area contributed by atoms with E-state index in [0.717, 1.165) is 24.4 Å². The standard InChI is InChI=1S/C18H23F3N4O3/c1-22-17(23-7-3-9-26-13-15-4-2-10-27-15)24-8-11-28-16-6-5-14(12-25-16)18(19,20)21/h2,4-6,10,12H,3,7-9,11,13H2,1H3,(H2,22,23,24). The number of hydrogen-bond acceptors (Lipinski definition) is 5. The highest BCUT2D eigenvalue weighted by molar-refractivity contribution is 5.79. The van der Waals surface area contributed by atoms with E-state index in [0.29, 0.717) is 32.3 Å². The molecule has 154 valence electrons. The maximum atomic E-state index is 12.5. The summed E-state index contributed by atoms with van der Waals surface area (Å²) >= 11 is 0. The number of rotatable bonds is 10. The van der Waals surface area contributed by atoms with E-state index in [-0.39, 0.29) is 12.5 Å². The van der Waals surface area contributed by atoms with Crippen LogP contribution in [-0.4, -0.2) is 44.3 Å². The second-order valence-electron chi connectivity index (χ2n) is 5.64. The molecule has 0 aliphatic carbocycles. The minimum absolute atomic E-state index is 0.131. The number of ether oxygens (including phenoxy) is 2. The zero-order chi connectivity index (χ0) is 20.2. The number of nitrogens with zero attached hydrogens (tertiary/aromatic N) is 2. The van der Waals surface area contributed by atoms with Crippen molar-refractivity contribution in [2.45, 2.75) is 19.2 Å². The topological polar surface area (TPSA) is 80.9 Å². The van der Waals surface area contributed by atoms with Crippen LogP contribution < -0.4 is 15.4 Å². The Bertz CT molecular complexity index is 704. The molecule has 0 atom stereocenters. The first kappa shape index (κ1) is 21.5. The Balaban J connectivity index is 1.54. The highest BCUT2D eigenvalue weighted by Crippen LogP contribution is 2.29. The predicted molar refractivity (Wildman–Crippen MR) is 97.1 cm³/mol. The van der Waals surface area contributed by atoms with Gasteiger partial charge in [-0.1, -0.05) is 0 Å². The smallest absolute Gasteiger partial charge is 0.417 e. The van der Waals surface area contributed by atoms with Gasteiger partial charge in [0, 0.05) is 32.5 Å². The summed E-state index contributed by atoms with van der Waals surface area (Å²) in [6.07, 6.45) is -1.27. The first-order chi connectivity index (χ1) is 13.5. The van der Waals surface area contributed by atoms with Crippen LogP contribution in [0.3, 0.4) is 0 Å². The Hall–Kier alpha value is -2.75. The minimum atomic E-state index is -4.41. The van der Waals surface area contributed by atoms with Crippen molar-refractivity contribution in [3.63, 3.8) is 0 Å². The van der Waals surface area contributed by atoms with Gasteiger partial charge in [-0.15, -0.1) is 0 Å². The summed E-state index contributed by atoms with van der Waals surface area (Å²) in [6.45, 7) is 2.32. The van der Waals surface area contributed by atoms with Crippen LogP contribution in [0.5, 0.6) is 5.88 Å². The summed E-state index contributed by atoms with van der Waals surface area (Å²) in [5.41, 5.74) is -0.810. The Morgan fingerprint density at radius 1 is 1.18 bits per heavy atom. The molecule has 0 saturated carbocycles. The zero-order valence-electron chi connectivity index (χ0n) is 15.5. The molecule has 0 aromatic carbocycles. The molecule has 0 bridgehead atoms. The summed E-state index contributed by atoms with van der Waals surface area (Å²) in [4.78, 5) is 7.71. The molecular formula is C18H23F3N4O3. The van der Waals surface area contributed by atoms with Gasteiger partial charge in [-0.3, -0.25) is 4.99 Å². The van der Waals surface area contributed by atoms with Gasteiger partial charge < -0.3 is 24.5 Å². The lowest BCUT2D eigenvalue weighted by atomic mass is 10.3. The van der Waals surface area contributed by atoms with E-state index >= 15 is 0 Å². The van der Waals surface area contributed by atoms with Crippen LogP contribution in [0.25, 0.3) is 0 Å². The molecule has 28 heavy (non-hydrogen) atoms. The van der Waals surface area contributed by atoms with Crippen LogP contribution in [0, 0.1) is 0 Å². The van der Waals surface area contributed by atoms with Gasteiger partial charge in [-0.25, -0.2) is 4.98 Å². The monoisotopic (exact) mass is 400 g/mol. The van der Waals surface area contributed by atoms with Crippen molar-refractivity contribution in [3.8, 4) is 5.88 Å². The van der Waals surface area contributed by atoms with Gasteiger partial charge in [0.15, 0.2) is 5.96 Å². The lowest BCUT2D eigenvalue weighted by Crippen LogP contribution is -2.39. The number of aromatic nitrogens is 1. The molecule has 7 nitrogen and oxygen atoms in total. The van der Waals surface area contributed by atoms with Crippen molar-refractivity contribution < 1.29 is 27.1 Å². The molecule has 0 unspecified atom stereocenters. The molecule has 0 spiro atoms. The van der Waals surface area contributed by atoms with E-state index in [4.69, 9.17) is 13.9 Å². The quantitative estimate of drug-likeness (QED) is 0.363. The molecule has 2 aromatic rings. The van der Waals surface area contributed by atoms with Crippen molar-refractivity contribution in [2.24, 2.45) is 4.99 Å². The minimum Gasteiger partial charge on any atom is -0.476 e. The van der Waals surface area contributed by atoms with E-state index in [1.54, 1.807) is 13.3 Å². The lowest BCUT2D eigenvalue weighted by molar-refractivity contribution is -0.137. The Morgan fingerprint density at radius 2 is 2.00 bits per heavy atom. The third-order valence-corrected chi connectivity index (χ3v) is 3.51. The zero-order valence-corrected chi connectivity index (χ0v) is 15.5. The van der Waals surface area contributed by atoms with Gasteiger partial charge >= 0.3 is 6.18 Å². The first-order valence-electron chi connectivity index (χ1n) is 8.69. The van der Waals surface area contributed by atoms with Crippen LogP contribution in [0.2, 0.25) is 0 Å². The number of alkyl halides is 3. The van der Waals surface area contributed by atoms with Crippen LogP contribution in [0.4, 0.5) is 13.2 Å². The summed E-state index contributed by atoms with van der Waals surface area (Å²) in [6, 6.07) is 5.79. The fourth-order valence-corrected chi connectivity index (χ4v) is 2.13.